The number of methoxy groups -OCH3 is 1. The molecule has 2 atom stereocenters. The maximum atomic E-state index is 12.8. The van der Waals surface area contributed by atoms with Gasteiger partial charge in [-0.1, -0.05) is 35.9 Å². The molecule has 4 heteroatoms. The molecular formula is C17H19NO3. The lowest BCUT2D eigenvalue weighted by Gasteiger charge is -2.33. The van der Waals surface area contributed by atoms with Crippen molar-refractivity contribution in [3.63, 3.8) is 0 Å². The van der Waals surface area contributed by atoms with E-state index in [9.17, 15) is 9.59 Å². The number of nitrogens with zero attached hydrogens (tertiary/aromatic N) is 1. The Hall–Kier alpha value is -2.10. The van der Waals surface area contributed by atoms with E-state index in [0.717, 1.165) is 24.0 Å². The molecule has 0 spiro atoms. The third-order valence-electron chi connectivity index (χ3n) is 4.36. The molecular weight excluding hydrogens is 266 g/mol. The normalized spacial score (nSPS) is 24.6. The van der Waals surface area contributed by atoms with E-state index in [0.29, 0.717) is 12.0 Å². The van der Waals surface area contributed by atoms with Gasteiger partial charge in [0, 0.05) is 11.6 Å². The van der Waals surface area contributed by atoms with Crippen molar-refractivity contribution in [1.29, 1.82) is 0 Å². The lowest BCUT2D eigenvalue weighted by atomic mass is 9.96. The summed E-state index contributed by atoms with van der Waals surface area (Å²) in [6.07, 6.45) is 4.38. The minimum Gasteiger partial charge on any atom is -0.467 e. The molecule has 0 unspecified atom stereocenters. The van der Waals surface area contributed by atoms with Crippen LogP contribution in [0.3, 0.4) is 0 Å². The first-order valence-electron chi connectivity index (χ1n) is 7.29. The molecule has 0 bridgehead atoms. The number of hydrogen-bond donors (Lipinski definition) is 0. The number of aryl methyl sites for hydroxylation is 1. The first-order valence-corrected chi connectivity index (χ1v) is 7.29. The number of carbonyl (C=O) groups excluding carboxylic acids is 2. The van der Waals surface area contributed by atoms with Crippen LogP contribution in [-0.2, 0) is 14.3 Å². The summed E-state index contributed by atoms with van der Waals surface area (Å²) >= 11 is 0. The van der Waals surface area contributed by atoms with Gasteiger partial charge in [-0.25, -0.2) is 4.79 Å². The summed E-state index contributed by atoms with van der Waals surface area (Å²) in [5.41, 5.74) is 2.74. The Labute approximate surface area is 124 Å². The Kier molecular flexibility index (Phi) is 3.53. The maximum Gasteiger partial charge on any atom is 0.328 e. The van der Waals surface area contributed by atoms with Gasteiger partial charge in [0.1, 0.15) is 6.04 Å². The Morgan fingerprint density at radius 1 is 1.33 bits per heavy atom. The van der Waals surface area contributed by atoms with Gasteiger partial charge in [-0.3, -0.25) is 4.79 Å². The molecule has 1 saturated heterocycles. The largest absolute Gasteiger partial charge is 0.467 e. The van der Waals surface area contributed by atoms with E-state index >= 15 is 0 Å². The summed E-state index contributed by atoms with van der Waals surface area (Å²) in [5.74, 6) is -0.360. The lowest BCUT2D eigenvalue weighted by Crippen LogP contribution is -2.47. The van der Waals surface area contributed by atoms with Crippen LogP contribution >= 0.6 is 0 Å². The summed E-state index contributed by atoms with van der Waals surface area (Å²) in [6.45, 7) is 2.01. The second-order valence-corrected chi connectivity index (χ2v) is 5.71. The first-order chi connectivity index (χ1) is 10.1. The molecule has 0 saturated carbocycles. The van der Waals surface area contributed by atoms with E-state index in [1.165, 1.54) is 7.11 Å². The van der Waals surface area contributed by atoms with E-state index in [-0.39, 0.29) is 17.9 Å². The van der Waals surface area contributed by atoms with E-state index in [1.807, 2.05) is 37.3 Å². The molecule has 4 nitrogen and oxygen atoms in total. The molecule has 1 aromatic carbocycles. The molecule has 0 aromatic heterocycles. The van der Waals surface area contributed by atoms with Crippen molar-refractivity contribution in [2.75, 3.05) is 7.11 Å². The van der Waals surface area contributed by atoms with Crippen LogP contribution in [0.25, 0.3) is 5.57 Å². The van der Waals surface area contributed by atoms with Crippen LogP contribution in [0.5, 0.6) is 0 Å². The van der Waals surface area contributed by atoms with Gasteiger partial charge < -0.3 is 9.64 Å². The van der Waals surface area contributed by atoms with Crippen molar-refractivity contribution < 1.29 is 14.3 Å². The predicted octanol–water partition coefficient (Wildman–Crippen LogP) is 2.31. The monoisotopic (exact) mass is 285 g/mol. The maximum absolute atomic E-state index is 12.8. The Morgan fingerprint density at radius 3 is 2.86 bits per heavy atom. The molecule has 1 fully saturated rings. The van der Waals surface area contributed by atoms with Gasteiger partial charge in [-0.2, -0.15) is 0 Å². The number of ether oxygens (including phenoxy) is 1. The molecule has 1 aromatic rings. The van der Waals surface area contributed by atoms with Crippen LogP contribution in [0.15, 0.2) is 30.3 Å². The number of carbonyl (C=O) groups is 2. The van der Waals surface area contributed by atoms with E-state index in [2.05, 4.69) is 0 Å². The average molecular weight is 285 g/mol. The highest BCUT2D eigenvalue weighted by molar-refractivity contribution is 6.21. The summed E-state index contributed by atoms with van der Waals surface area (Å²) in [6, 6.07) is 7.61. The third-order valence-corrected chi connectivity index (χ3v) is 4.36. The quantitative estimate of drug-likeness (QED) is 0.783. The standard InChI is InChI=1S/C17H19NO3/c1-11-4-3-5-12(10-11)14-8-6-13-7-9-15(17(20)21-2)18(13)16(14)19/h3-5,8,10,13,15H,6-7,9H2,1-2H3/t13-,15-/m0/s1. The molecule has 110 valence electrons. The van der Waals surface area contributed by atoms with Crippen molar-refractivity contribution in [3.05, 3.63) is 41.5 Å². The zero-order valence-electron chi connectivity index (χ0n) is 12.3. The fourth-order valence-corrected chi connectivity index (χ4v) is 3.32. The van der Waals surface area contributed by atoms with E-state index < -0.39 is 6.04 Å². The molecule has 0 N–H and O–H groups in total. The van der Waals surface area contributed by atoms with Crippen molar-refractivity contribution in [2.45, 2.75) is 38.3 Å². The zero-order valence-corrected chi connectivity index (χ0v) is 12.3. The third kappa shape index (κ3) is 2.35. The number of fused-ring (bicyclic) bond motifs is 1. The van der Waals surface area contributed by atoms with Crippen LogP contribution < -0.4 is 0 Å². The fraction of sp³-hybridized carbons (Fsp3) is 0.412. The van der Waals surface area contributed by atoms with Gasteiger partial charge in [0.2, 0.25) is 0 Å². The summed E-state index contributed by atoms with van der Waals surface area (Å²) < 4.78 is 4.84. The lowest BCUT2D eigenvalue weighted by molar-refractivity contribution is -0.150. The fourth-order valence-electron chi connectivity index (χ4n) is 3.32. The molecule has 1 amide bonds. The van der Waals surface area contributed by atoms with E-state index in [1.54, 1.807) is 4.90 Å². The van der Waals surface area contributed by atoms with Gasteiger partial charge in [-0.05, 0) is 31.7 Å². The zero-order chi connectivity index (χ0) is 15.0. The first kappa shape index (κ1) is 13.9. The molecule has 3 rings (SSSR count). The van der Waals surface area contributed by atoms with Crippen molar-refractivity contribution >= 4 is 17.4 Å². The number of esters is 1. The Balaban J connectivity index is 1.93. The van der Waals surface area contributed by atoms with E-state index in [4.69, 9.17) is 4.74 Å². The van der Waals surface area contributed by atoms with Gasteiger partial charge in [0.25, 0.3) is 5.91 Å². The van der Waals surface area contributed by atoms with Crippen molar-refractivity contribution in [2.24, 2.45) is 0 Å². The molecule has 2 heterocycles. The van der Waals surface area contributed by atoms with Crippen molar-refractivity contribution in [3.8, 4) is 0 Å². The minimum absolute atomic E-state index is 0.0512. The minimum atomic E-state index is -0.430. The SMILES string of the molecule is COC(=O)[C@@H]1CC[C@@H]2CC=C(c3cccc(C)c3)C(=O)N21. The van der Waals surface area contributed by atoms with Crippen LogP contribution in [-0.4, -0.2) is 36.0 Å². The average Bonchev–Trinajstić information content (AvgIpc) is 2.91. The molecule has 0 aliphatic carbocycles. The second kappa shape index (κ2) is 5.35. The molecule has 2 aliphatic heterocycles. The molecule has 21 heavy (non-hydrogen) atoms. The number of benzene rings is 1. The smallest absolute Gasteiger partial charge is 0.328 e. The second-order valence-electron chi connectivity index (χ2n) is 5.71. The van der Waals surface area contributed by atoms with Crippen LogP contribution in [0.1, 0.15) is 30.4 Å². The molecule has 2 aliphatic rings. The van der Waals surface area contributed by atoms with Gasteiger partial charge >= 0.3 is 5.97 Å². The topological polar surface area (TPSA) is 46.6 Å². The van der Waals surface area contributed by atoms with Crippen LogP contribution in [0.2, 0.25) is 0 Å². The Bertz CT molecular complexity index is 620. The van der Waals surface area contributed by atoms with Gasteiger partial charge in [-0.15, -0.1) is 0 Å². The summed E-state index contributed by atoms with van der Waals surface area (Å²) in [5, 5.41) is 0. The van der Waals surface area contributed by atoms with Gasteiger partial charge in [0.15, 0.2) is 0 Å². The van der Waals surface area contributed by atoms with Crippen LogP contribution in [0.4, 0.5) is 0 Å². The number of amides is 1. The highest BCUT2D eigenvalue weighted by Gasteiger charge is 2.44. The predicted molar refractivity (Wildman–Crippen MR) is 79.4 cm³/mol. The number of hydrogen-bond acceptors (Lipinski definition) is 3. The highest BCUT2D eigenvalue weighted by atomic mass is 16.5. The highest BCUT2D eigenvalue weighted by Crippen LogP contribution is 2.35. The van der Waals surface area contributed by atoms with Crippen LogP contribution in [0, 0.1) is 6.92 Å². The summed E-state index contributed by atoms with van der Waals surface area (Å²) in [7, 11) is 1.38. The Morgan fingerprint density at radius 2 is 2.14 bits per heavy atom. The molecule has 0 radical (unpaired) electrons. The van der Waals surface area contributed by atoms with Gasteiger partial charge in [0.05, 0.1) is 7.11 Å². The van der Waals surface area contributed by atoms with Crippen molar-refractivity contribution in [1.82, 2.24) is 4.90 Å². The summed E-state index contributed by atoms with van der Waals surface area (Å²) in [4.78, 5) is 26.4. The number of rotatable bonds is 2.